The van der Waals surface area contributed by atoms with Crippen molar-refractivity contribution >= 4 is 5.91 Å². The molecule has 1 atom stereocenters. The zero-order valence-corrected chi connectivity index (χ0v) is 11.6. The molecule has 1 amide bonds. The maximum atomic E-state index is 11.6. The van der Waals surface area contributed by atoms with E-state index in [1.165, 1.54) is 0 Å². The first kappa shape index (κ1) is 16.4. The van der Waals surface area contributed by atoms with Gasteiger partial charge in [-0.1, -0.05) is 0 Å². The van der Waals surface area contributed by atoms with E-state index in [0.29, 0.717) is 19.8 Å². The van der Waals surface area contributed by atoms with Gasteiger partial charge in [-0.25, -0.2) is 0 Å². The van der Waals surface area contributed by atoms with Crippen molar-refractivity contribution in [1.29, 1.82) is 0 Å². The van der Waals surface area contributed by atoms with E-state index in [9.17, 15) is 4.79 Å². The quantitative estimate of drug-likeness (QED) is 0.593. The number of amides is 1. The molecule has 0 aliphatic rings. The number of hydrogen-bond acceptors (Lipinski definition) is 4. The molecular weight excluding hydrogens is 220 g/mol. The van der Waals surface area contributed by atoms with Crippen LogP contribution in [0.2, 0.25) is 0 Å². The largest absolute Gasteiger partial charge is 0.353 e. The van der Waals surface area contributed by atoms with Gasteiger partial charge in [-0.2, -0.15) is 0 Å². The van der Waals surface area contributed by atoms with E-state index < -0.39 is 0 Å². The van der Waals surface area contributed by atoms with Crippen molar-refractivity contribution in [2.75, 3.05) is 19.8 Å². The van der Waals surface area contributed by atoms with Crippen LogP contribution in [0.25, 0.3) is 0 Å². The van der Waals surface area contributed by atoms with Crippen LogP contribution in [0.3, 0.4) is 0 Å². The maximum absolute atomic E-state index is 11.6. The third-order valence-electron chi connectivity index (χ3n) is 2.12. The molecule has 0 aromatic carbocycles. The molecule has 0 aromatic heterocycles. The lowest BCUT2D eigenvalue weighted by molar-refractivity contribution is -0.136. The summed E-state index contributed by atoms with van der Waals surface area (Å²) in [6.45, 7) is 11.2. The van der Waals surface area contributed by atoms with E-state index in [1.54, 1.807) is 0 Å². The summed E-state index contributed by atoms with van der Waals surface area (Å²) in [5.74, 6) is -0.00764. The maximum Gasteiger partial charge on any atom is 0.237 e. The summed E-state index contributed by atoms with van der Waals surface area (Å²) in [7, 11) is 0. The normalized spacial score (nSPS) is 13.1. The summed E-state index contributed by atoms with van der Waals surface area (Å²) in [4.78, 5) is 11.6. The molecule has 0 aliphatic heterocycles. The Labute approximate surface area is 104 Å². The molecule has 0 fully saturated rings. The van der Waals surface area contributed by atoms with Gasteiger partial charge in [0.15, 0.2) is 6.29 Å². The average Bonchev–Trinajstić information content (AvgIpc) is 2.25. The van der Waals surface area contributed by atoms with Crippen molar-refractivity contribution in [3.8, 4) is 0 Å². The molecule has 0 saturated carbocycles. The standard InChI is InChI=1S/C12H26N2O3/c1-6-16-11(17-7-2)8-13-10(5)12(15)14-9(3)4/h9-11,13H,6-8H2,1-5H3,(H,14,15). The Morgan fingerprint density at radius 1 is 1.12 bits per heavy atom. The predicted octanol–water partition coefficient (Wildman–Crippen LogP) is 0.888. The van der Waals surface area contributed by atoms with Gasteiger partial charge in [0, 0.05) is 25.8 Å². The first-order valence-electron chi connectivity index (χ1n) is 6.28. The first-order chi connectivity index (χ1) is 8.01. The highest BCUT2D eigenvalue weighted by Crippen LogP contribution is 1.95. The summed E-state index contributed by atoms with van der Waals surface area (Å²) in [6.07, 6.45) is -0.292. The third-order valence-corrected chi connectivity index (χ3v) is 2.12. The number of rotatable bonds is 9. The Hall–Kier alpha value is -0.650. The minimum atomic E-state index is -0.292. The second kappa shape index (κ2) is 9.39. The predicted molar refractivity (Wildman–Crippen MR) is 67.8 cm³/mol. The van der Waals surface area contributed by atoms with E-state index >= 15 is 0 Å². The van der Waals surface area contributed by atoms with Gasteiger partial charge in [0.05, 0.1) is 6.04 Å². The monoisotopic (exact) mass is 246 g/mol. The summed E-state index contributed by atoms with van der Waals surface area (Å²) < 4.78 is 10.8. The minimum absolute atomic E-state index is 0.00764. The van der Waals surface area contributed by atoms with Crippen LogP contribution in [-0.2, 0) is 14.3 Å². The van der Waals surface area contributed by atoms with Gasteiger partial charge in [0.2, 0.25) is 5.91 Å². The van der Waals surface area contributed by atoms with Gasteiger partial charge >= 0.3 is 0 Å². The Bertz CT molecular complexity index is 204. The van der Waals surface area contributed by atoms with Crippen LogP contribution >= 0.6 is 0 Å². The van der Waals surface area contributed by atoms with Gasteiger partial charge in [-0.15, -0.1) is 0 Å². The highest BCUT2D eigenvalue weighted by atomic mass is 16.7. The van der Waals surface area contributed by atoms with E-state index in [1.807, 2.05) is 34.6 Å². The van der Waals surface area contributed by atoms with Crippen LogP contribution in [-0.4, -0.2) is 44.0 Å². The molecule has 0 aliphatic carbocycles. The number of carbonyl (C=O) groups is 1. The van der Waals surface area contributed by atoms with Crippen molar-refractivity contribution in [3.63, 3.8) is 0 Å². The fourth-order valence-electron chi connectivity index (χ4n) is 1.31. The van der Waals surface area contributed by atoms with Crippen LogP contribution in [0, 0.1) is 0 Å². The van der Waals surface area contributed by atoms with E-state index in [-0.39, 0.29) is 24.3 Å². The Morgan fingerprint density at radius 2 is 1.65 bits per heavy atom. The summed E-state index contributed by atoms with van der Waals surface area (Å²) in [5.41, 5.74) is 0. The van der Waals surface area contributed by atoms with Crippen LogP contribution in [0.1, 0.15) is 34.6 Å². The molecule has 17 heavy (non-hydrogen) atoms. The SMILES string of the molecule is CCOC(CNC(C)C(=O)NC(C)C)OCC. The molecule has 0 bridgehead atoms. The Kier molecular flexibility index (Phi) is 9.03. The van der Waals surface area contributed by atoms with E-state index in [0.717, 1.165) is 0 Å². The van der Waals surface area contributed by atoms with Gasteiger partial charge < -0.3 is 20.1 Å². The Balaban J connectivity index is 3.93. The second-order valence-electron chi connectivity index (χ2n) is 4.13. The second-order valence-corrected chi connectivity index (χ2v) is 4.13. The fraction of sp³-hybridized carbons (Fsp3) is 0.917. The molecule has 5 nitrogen and oxygen atoms in total. The molecule has 102 valence electrons. The number of ether oxygens (including phenoxy) is 2. The van der Waals surface area contributed by atoms with Gasteiger partial charge in [0.25, 0.3) is 0 Å². The zero-order valence-electron chi connectivity index (χ0n) is 11.6. The molecule has 0 heterocycles. The number of carbonyl (C=O) groups excluding carboxylic acids is 1. The van der Waals surface area contributed by atoms with Crippen LogP contribution < -0.4 is 10.6 Å². The van der Waals surface area contributed by atoms with Gasteiger partial charge in [0.1, 0.15) is 0 Å². The molecule has 0 saturated heterocycles. The smallest absolute Gasteiger partial charge is 0.237 e. The fourth-order valence-corrected chi connectivity index (χ4v) is 1.31. The van der Waals surface area contributed by atoms with Gasteiger partial charge in [-0.05, 0) is 34.6 Å². The third kappa shape index (κ3) is 8.12. The van der Waals surface area contributed by atoms with Crippen molar-refractivity contribution in [1.82, 2.24) is 10.6 Å². The molecule has 0 aromatic rings. The molecule has 5 heteroatoms. The Morgan fingerprint density at radius 3 is 2.06 bits per heavy atom. The average molecular weight is 246 g/mol. The summed E-state index contributed by atoms with van der Waals surface area (Å²) >= 11 is 0. The highest BCUT2D eigenvalue weighted by molar-refractivity contribution is 5.81. The lowest BCUT2D eigenvalue weighted by Crippen LogP contribution is -2.47. The van der Waals surface area contributed by atoms with Crippen LogP contribution in [0.15, 0.2) is 0 Å². The molecule has 0 spiro atoms. The molecule has 0 radical (unpaired) electrons. The van der Waals surface area contributed by atoms with Crippen LogP contribution in [0.4, 0.5) is 0 Å². The number of nitrogens with one attached hydrogen (secondary N) is 2. The number of hydrogen-bond donors (Lipinski definition) is 2. The van der Waals surface area contributed by atoms with Crippen molar-refractivity contribution < 1.29 is 14.3 Å². The zero-order chi connectivity index (χ0) is 13.3. The van der Waals surface area contributed by atoms with Crippen molar-refractivity contribution in [2.45, 2.75) is 53.0 Å². The van der Waals surface area contributed by atoms with Crippen LogP contribution in [0.5, 0.6) is 0 Å². The summed E-state index contributed by atoms with van der Waals surface area (Å²) in [5, 5.41) is 5.94. The first-order valence-corrected chi connectivity index (χ1v) is 6.28. The van der Waals surface area contributed by atoms with Gasteiger partial charge in [-0.3, -0.25) is 4.79 Å². The van der Waals surface area contributed by atoms with Crippen molar-refractivity contribution in [3.05, 3.63) is 0 Å². The molecular formula is C12H26N2O3. The van der Waals surface area contributed by atoms with Crippen molar-refractivity contribution in [2.24, 2.45) is 0 Å². The van der Waals surface area contributed by atoms with E-state index in [2.05, 4.69) is 10.6 Å². The van der Waals surface area contributed by atoms with E-state index in [4.69, 9.17) is 9.47 Å². The molecule has 2 N–H and O–H groups in total. The topological polar surface area (TPSA) is 59.6 Å². The lowest BCUT2D eigenvalue weighted by atomic mass is 10.3. The molecule has 1 unspecified atom stereocenters. The highest BCUT2D eigenvalue weighted by Gasteiger charge is 2.15. The summed E-state index contributed by atoms with van der Waals surface area (Å²) in [6, 6.07) is -0.0952. The molecule has 0 rings (SSSR count). The minimum Gasteiger partial charge on any atom is -0.353 e. The lowest BCUT2D eigenvalue weighted by Gasteiger charge is -2.21.